The Bertz CT molecular complexity index is 614. The molecule has 96 valence electrons. The first kappa shape index (κ1) is 13.0. The Morgan fingerprint density at radius 3 is 2.44 bits per heavy atom. The zero-order valence-electron chi connectivity index (χ0n) is 8.48. The molecule has 1 heterocycles. The molecule has 1 aromatic carbocycles. The van der Waals surface area contributed by atoms with Crippen LogP contribution in [0.4, 0.5) is 17.6 Å². The predicted octanol–water partition coefficient (Wildman–Crippen LogP) is 3.15. The Balaban J connectivity index is 2.72. The van der Waals surface area contributed by atoms with Crippen LogP contribution in [-0.4, -0.2) is 10.3 Å². The molecule has 0 fully saturated rings. The molecule has 0 aliphatic heterocycles. The second-order valence-corrected chi connectivity index (χ2v) is 4.01. The van der Waals surface area contributed by atoms with Crippen molar-refractivity contribution in [1.29, 1.82) is 0 Å². The highest BCUT2D eigenvalue weighted by atomic mass is 79.9. The quantitative estimate of drug-likeness (QED) is 0.524. The van der Waals surface area contributed by atoms with Crippen LogP contribution in [0.2, 0.25) is 0 Å². The molecule has 0 radical (unpaired) electrons. The molecule has 0 saturated carbocycles. The van der Waals surface area contributed by atoms with Crippen molar-refractivity contribution in [2.75, 3.05) is 0 Å². The number of halogens is 5. The maximum absolute atomic E-state index is 13.5. The predicted molar refractivity (Wildman–Crippen MR) is 55.4 cm³/mol. The average Bonchev–Trinajstić information content (AvgIpc) is 2.72. The fourth-order valence-corrected chi connectivity index (χ4v) is 1.77. The van der Waals surface area contributed by atoms with Gasteiger partial charge in [-0.3, -0.25) is 0 Å². The van der Waals surface area contributed by atoms with E-state index in [4.69, 9.17) is 5.11 Å². The number of rotatable bonds is 2. The van der Waals surface area contributed by atoms with Crippen LogP contribution in [0.3, 0.4) is 0 Å². The highest BCUT2D eigenvalue weighted by Crippen LogP contribution is 2.32. The lowest BCUT2D eigenvalue weighted by Crippen LogP contribution is -2.00. The maximum atomic E-state index is 13.5. The van der Waals surface area contributed by atoms with Gasteiger partial charge in [-0.2, -0.15) is 0 Å². The van der Waals surface area contributed by atoms with Crippen molar-refractivity contribution in [3.05, 3.63) is 39.6 Å². The van der Waals surface area contributed by atoms with E-state index >= 15 is 0 Å². The summed E-state index contributed by atoms with van der Waals surface area (Å²) in [4.78, 5) is 0. The molecule has 0 amide bonds. The third-order valence-corrected chi connectivity index (χ3v) is 2.88. The van der Waals surface area contributed by atoms with Crippen molar-refractivity contribution in [3.8, 4) is 11.3 Å². The minimum absolute atomic E-state index is 0.000641. The lowest BCUT2D eigenvalue weighted by atomic mass is 10.1. The number of benzene rings is 1. The SMILES string of the molecule is OCc1c(-c2cc(F)c(F)c(F)c2F)noc1Br. The molecule has 8 heteroatoms. The van der Waals surface area contributed by atoms with Crippen molar-refractivity contribution >= 4 is 15.9 Å². The van der Waals surface area contributed by atoms with Gasteiger partial charge in [0.05, 0.1) is 12.2 Å². The first-order chi connectivity index (χ1) is 8.47. The molecule has 0 aliphatic carbocycles. The van der Waals surface area contributed by atoms with Crippen LogP contribution in [0.15, 0.2) is 15.3 Å². The monoisotopic (exact) mass is 325 g/mol. The van der Waals surface area contributed by atoms with Crippen LogP contribution in [-0.2, 0) is 6.61 Å². The van der Waals surface area contributed by atoms with Crippen molar-refractivity contribution in [2.24, 2.45) is 0 Å². The molecule has 18 heavy (non-hydrogen) atoms. The molecule has 0 spiro atoms. The summed E-state index contributed by atoms with van der Waals surface area (Å²) in [5.41, 5.74) is -0.941. The van der Waals surface area contributed by atoms with Crippen LogP contribution in [0.25, 0.3) is 11.3 Å². The van der Waals surface area contributed by atoms with Gasteiger partial charge in [-0.25, -0.2) is 17.6 Å². The number of aliphatic hydroxyl groups is 1. The van der Waals surface area contributed by atoms with Crippen molar-refractivity contribution < 1.29 is 27.2 Å². The van der Waals surface area contributed by atoms with Crippen LogP contribution >= 0.6 is 15.9 Å². The molecule has 0 bridgehead atoms. The van der Waals surface area contributed by atoms with Crippen LogP contribution in [0.1, 0.15) is 5.56 Å². The van der Waals surface area contributed by atoms with Gasteiger partial charge >= 0.3 is 0 Å². The molecule has 2 aromatic rings. The third-order valence-electron chi connectivity index (χ3n) is 2.26. The zero-order valence-corrected chi connectivity index (χ0v) is 10.1. The summed E-state index contributed by atoms with van der Waals surface area (Å²) in [6, 6.07) is 0.442. The molecule has 1 aromatic heterocycles. The molecule has 0 saturated heterocycles. The van der Waals surface area contributed by atoms with E-state index in [2.05, 4.69) is 25.6 Å². The number of aliphatic hydroxyl groups excluding tert-OH is 1. The smallest absolute Gasteiger partial charge is 0.208 e. The van der Waals surface area contributed by atoms with E-state index in [0.717, 1.165) is 0 Å². The van der Waals surface area contributed by atoms with Crippen LogP contribution in [0.5, 0.6) is 0 Å². The van der Waals surface area contributed by atoms with Gasteiger partial charge in [-0.15, -0.1) is 0 Å². The van der Waals surface area contributed by atoms with E-state index in [0.29, 0.717) is 6.07 Å². The first-order valence-corrected chi connectivity index (χ1v) is 5.35. The molecule has 1 N–H and O–H groups in total. The highest BCUT2D eigenvalue weighted by molar-refractivity contribution is 9.10. The van der Waals surface area contributed by atoms with E-state index in [9.17, 15) is 17.6 Å². The first-order valence-electron chi connectivity index (χ1n) is 4.55. The summed E-state index contributed by atoms with van der Waals surface area (Å²) in [7, 11) is 0. The lowest BCUT2D eigenvalue weighted by molar-refractivity contribution is 0.278. The van der Waals surface area contributed by atoms with Gasteiger partial charge < -0.3 is 9.63 Å². The summed E-state index contributed by atoms with van der Waals surface area (Å²) in [6.45, 7) is -0.598. The second kappa shape index (κ2) is 4.69. The molecular weight excluding hydrogens is 322 g/mol. The third kappa shape index (κ3) is 1.91. The van der Waals surface area contributed by atoms with Crippen molar-refractivity contribution in [3.63, 3.8) is 0 Å². The van der Waals surface area contributed by atoms with Gasteiger partial charge in [0, 0.05) is 5.56 Å². The average molecular weight is 326 g/mol. The van der Waals surface area contributed by atoms with Gasteiger partial charge in [-0.05, 0) is 22.0 Å². The minimum Gasteiger partial charge on any atom is -0.391 e. The van der Waals surface area contributed by atoms with E-state index in [-0.39, 0.29) is 15.9 Å². The Morgan fingerprint density at radius 2 is 1.83 bits per heavy atom. The molecule has 3 nitrogen and oxygen atoms in total. The Labute approximate surface area is 106 Å². The van der Waals surface area contributed by atoms with Gasteiger partial charge in [0.1, 0.15) is 5.69 Å². The fraction of sp³-hybridized carbons (Fsp3) is 0.100. The summed E-state index contributed by atoms with van der Waals surface area (Å²) in [5, 5.41) is 12.4. The van der Waals surface area contributed by atoms with Crippen molar-refractivity contribution in [1.82, 2.24) is 5.16 Å². The summed E-state index contributed by atoms with van der Waals surface area (Å²) in [5.74, 6) is -7.03. The minimum atomic E-state index is -1.95. The van der Waals surface area contributed by atoms with E-state index < -0.39 is 35.4 Å². The van der Waals surface area contributed by atoms with Crippen LogP contribution in [0, 0.1) is 23.3 Å². The maximum Gasteiger partial charge on any atom is 0.208 e. The normalized spacial score (nSPS) is 11.0. The second-order valence-electron chi connectivity index (χ2n) is 3.29. The Morgan fingerprint density at radius 1 is 1.17 bits per heavy atom. The van der Waals surface area contributed by atoms with E-state index in [1.165, 1.54) is 0 Å². The van der Waals surface area contributed by atoms with Gasteiger partial charge in [0.15, 0.2) is 23.3 Å². The number of aromatic nitrogens is 1. The molecule has 2 rings (SSSR count). The summed E-state index contributed by atoms with van der Waals surface area (Å²) in [6.07, 6.45) is 0. The zero-order chi connectivity index (χ0) is 13.4. The molecular formula is C10H4BrF4NO2. The van der Waals surface area contributed by atoms with Gasteiger partial charge in [0.25, 0.3) is 0 Å². The number of hydrogen-bond acceptors (Lipinski definition) is 3. The highest BCUT2D eigenvalue weighted by Gasteiger charge is 2.24. The number of hydrogen-bond donors (Lipinski definition) is 1. The largest absolute Gasteiger partial charge is 0.391 e. The summed E-state index contributed by atoms with van der Waals surface area (Å²) >= 11 is 2.88. The Hall–Kier alpha value is -1.41. The summed E-state index contributed by atoms with van der Waals surface area (Å²) < 4.78 is 57.0. The van der Waals surface area contributed by atoms with E-state index in [1.54, 1.807) is 0 Å². The van der Waals surface area contributed by atoms with Crippen LogP contribution < -0.4 is 0 Å². The van der Waals surface area contributed by atoms with Crippen molar-refractivity contribution in [2.45, 2.75) is 6.61 Å². The number of nitrogens with zero attached hydrogens (tertiary/aromatic N) is 1. The van der Waals surface area contributed by atoms with E-state index in [1.807, 2.05) is 0 Å². The Kier molecular flexibility index (Phi) is 3.40. The fourth-order valence-electron chi connectivity index (χ4n) is 1.38. The molecule has 0 atom stereocenters. The molecule has 0 unspecified atom stereocenters. The molecule has 0 aliphatic rings. The lowest BCUT2D eigenvalue weighted by Gasteiger charge is -2.04. The van der Waals surface area contributed by atoms with Gasteiger partial charge in [0.2, 0.25) is 4.67 Å². The standard InChI is InChI=1S/C10H4BrF4NO2/c11-10-4(2-17)9(16-18-10)3-1-5(12)7(14)8(15)6(3)13/h1,17H,2H2. The topological polar surface area (TPSA) is 46.3 Å². The van der Waals surface area contributed by atoms with Gasteiger partial charge in [-0.1, -0.05) is 5.16 Å².